The maximum atomic E-state index is 12.4. The molecule has 1 aliphatic rings. The molecule has 1 N–H and O–H groups in total. The minimum Gasteiger partial charge on any atom is -0.492 e. The fourth-order valence-corrected chi connectivity index (χ4v) is 4.00. The van der Waals surface area contributed by atoms with Gasteiger partial charge in [-0.1, -0.05) is 35.3 Å². The Morgan fingerprint density at radius 3 is 2.55 bits per heavy atom. The number of aryl methyl sites for hydroxylation is 2. The molecule has 0 unspecified atom stereocenters. The van der Waals surface area contributed by atoms with Crippen LogP contribution in [0.3, 0.4) is 0 Å². The van der Waals surface area contributed by atoms with E-state index < -0.39 is 0 Å². The minimum absolute atomic E-state index is 0.0635. The first-order chi connectivity index (χ1) is 13.9. The second-order valence-corrected chi connectivity index (χ2v) is 8.52. The predicted octanol–water partition coefficient (Wildman–Crippen LogP) is 5.02. The van der Waals surface area contributed by atoms with Crippen LogP contribution in [0.4, 0.5) is 0 Å². The maximum Gasteiger partial charge on any atom is 0.223 e. The second-order valence-electron chi connectivity index (χ2n) is 7.67. The molecular formula is C23H28Cl2N2O2. The molecule has 3 rings (SSSR count). The number of amides is 1. The molecule has 1 aliphatic heterocycles. The van der Waals surface area contributed by atoms with Crippen LogP contribution in [0.25, 0.3) is 0 Å². The van der Waals surface area contributed by atoms with Crippen molar-refractivity contribution in [2.75, 3.05) is 26.2 Å². The quantitative estimate of drug-likeness (QED) is 0.622. The van der Waals surface area contributed by atoms with Crippen LogP contribution in [-0.4, -0.2) is 37.0 Å². The Labute approximate surface area is 183 Å². The lowest BCUT2D eigenvalue weighted by molar-refractivity contribution is -0.126. The number of benzene rings is 2. The Morgan fingerprint density at radius 2 is 1.86 bits per heavy atom. The molecule has 1 fully saturated rings. The third-order valence-electron chi connectivity index (χ3n) is 5.52. The molecule has 0 aliphatic carbocycles. The number of rotatable bonds is 7. The van der Waals surface area contributed by atoms with Crippen LogP contribution >= 0.6 is 23.2 Å². The van der Waals surface area contributed by atoms with Gasteiger partial charge in [0.05, 0.1) is 6.54 Å². The first kappa shape index (κ1) is 21.9. The van der Waals surface area contributed by atoms with Crippen molar-refractivity contribution in [1.82, 2.24) is 10.2 Å². The summed E-state index contributed by atoms with van der Waals surface area (Å²) in [5.74, 6) is 1.03. The Bertz CT molecular complexity index is 849. The average molecular weight is 435 g/mol. The van der Waals surface area contributed by atoms with Crippen LogP contribution in [0.1, 0.15) is 29.5 Å². The van der Waals surface area contributed by atoms with Crippen LogP contribution < -0.4 is 10.1 Å². The van der Waals surface area contributed by atoms with E-state index in [4.69, 9.17) is 27.9 Å². The number of hydrogen-bond acceptors (Lipinski definition) is 3. The molecular weight excluding hydrogens is 407 g/mol. The van der Waals surface area contributed by atoms with E-state index in [1.165, 1.54) is 11.1 Å². The second kappa shape index (κ2) is 10.3. The van der Waals surface area contributed by atoms with Gasteiger partial charge >= 0.3 is 0 Å². The first-order valence-electron chi connectivity index (χ1n) is 10.1. The number of piperidine rings is 1. The van der Waals surface area contributed by atoms with Crippen LogP contribution in [0, 0.1) is 19.8 Å². The topological polar surface area (TPSA) is 41.6 Å². The molecule has 1 heterocycles. The van der Waals surface area contributed by atoms with E-state index in [9.17, 15) is 4.79 Å². The zero-order valence-electron chi connectivity index (χ0n) is 17.0. The van der Waals surface area contributed by atoms with Gasteiger partial charge in [-0.2, -0.15) is 0 Å². The third-order valence-corrected chi connectivity index (χ3v) is 6.10. The van der Waals surface area contributed by atoms with E-state index in [2.05, 4.69) is 24.1 Å². The van der Waals surface area contributed by atoms with Crippen LogP contribution in [0.15, 0.2) is 36.4 Å². The van der Waals surface area contributed by atoms with Gasteiger partial charge in [0.2, 0.25) is 5.91 Å². The summed E-state index contributed by atoms with van der Waals surface area (Å²) in [5.41, 5.74) is 3.52. The smallest absolute Gasteiger partial charge is 0.223 e. The zero-order chi connectivity index (χ0) is 20.8. The highest BCUT2D eigenvalue weighted by Crippen LogP contribution is 2.25. The summed E-state index contributed by atoms with van der Waals surface area (Å²) in [6.07, 6.45) is 1.71. The molecule has 0 spiro atoms. The summed E-state index contributed by atoms with van der Waals surface area (Å²) >= 11 is 12.2. The molecule has 2 aromatic carbocycles. The summed E-state index contributed by atoms with van der Waals surface area (Å²) in [6.45, 7) is 7.70. The lowest BCUT2D eigenvalue weighted by Crippen LogP contribution is -2.41. The monoisotopic (exact) mass is 434 g/mol. The molecule has 4 nitrogen and oxygen atoms in total. The third kappa shape index (κ3) is 6.36. The Balaban J connectivity index is 1.36. The van der Waals surface area contributed by atoms with Crippen molar-refractivity contribution in [3.8, 4) is 5.75 Å². The minimum atomic E-state index is 0.0635. The SMILES string of the molecule is Cc1ccc(OCCNC(=O)C2CCN(Cc3ccc(Cl)cc3Cl)CC2)cc1C. The molecule has 0 radical (unpaired) electrons. The average Bonchev–Trinajstić information content (AvgIpc) is 2.70. The summed E-state index contributed by atoms with van der Waals surface area (Å²) in [5, 5.41) is 4.35. The van der Waals surface area contributed by atoms with E-state index in [-0.39, 0.29) is 11.8 Å². The molecule has 2 aromatic rings. The predicted molar refractivity (Wildman–Crippen MR) is 119 cm³/mol. The maximum absolute atomic E-state index is 12.4. The van der Waals surface area contributed by atoms with Gasteiger partial charge in [0.25, 0.3) is 0 Å². The Kier molecular flexibility index (Phi) is 7.82. The van der Waals surface area contributed by atoms with Crippen molar-refractivity contribution < 1.29 is 9.53 Å². The van der Waals surface area contributed by atoms with Gasteiger partial charge < -0.3 is 10.1 Å². The van der Waals surface area contributed by atoms with Crippen molar-refractivity contribution >= 4 is 29.1 Å². The molecule has 0 atom stereocenters. The standard InChI is InChI=1S/C23H28Cl2N2O2/c1-16-3-6-21(13-17(16)2)29-12-9-26-23(28)18-7-10-27(11-8-18)15-19-4-5-20(24)14-22(19)25/h3-6,13-14,18H,7-12,15H2,1-2H3,(H,26,28). The normalized spacial score (nSPS) is 15.3. The first-order valence-corrected chi connectivity index (χ1v) is 10.8. The summed E-state index contributed by atoms with van der Waals surface area (Å²) in [4.78, 5) is 14.8. The highest BCUT2D eigenvalue weighted by Gasteiger charge is 2.25. The van der Waals surface area contributed by atoms with Crippen molar-refractivity contribution in [1.29, 1.82) is 0 Å². The van der Waals surface area contributed by atoms with Crippen LogP contribution in [0.2, 0.25) is 10.0 Å². The summed E-state index contributed by atoms with van der Waals surface area (Å²) < 4.78 is 5.74. The number of carbonyl (C=O) groups excluding carboxylic acids is 1. The fourth-order valence-electron chi connectivity index (χ4n) is 3.54. The lowest BCUT2D eigenvalue weighted by Gasteiger charge is -2.31. The van der Waals surface area contributed by atoms with Crippen molar-refractivity contribution in [3.63, 3.8) is 0 Å². The highest BCUT2D eigenvalue weighted by atomic mass is 35.5. The van der Waals surface area contributed by atoms with Gasteiger partial charge in [-0.25, -0.2) is 0 Å². The highest BCUT2D eigenvalue weighted by molar-refractivity contribution is 6.35. The van der Waals surface area contributed by atoms with E-state index in [0.29, 0.717) is 23.2 Å². The summed E-state index contributed by atoms with van der Waals surface area (Å²) in [7, 11) is 0. The van der Waals surface area contributed by atoms with Crippen molar-refractivity contribution in [2.24, 2.45) is 5.92 Å². The van der Waals surface area contributed by atoms with Gasteiger partial charge in [-0.3, -0.25) is 9.69 Å². The number of likely N-dealkylation sites (tertiary alicyclic amines) is 1. The molecule has 156 valence electrons. The Morgan fingerprint density at radius 1 is 1.10 bits per heavy atom. The number of nitrogens with one attached hydrogen (secondary N) is 1. The van der Waals surface area contributed by atoms with E-state index >= 15 is 0 Å². The van der Waals surface area contributed by atoms with E-state index in [0.717, 1.165) is 43.8 Å². The Hall–Kier alpha value is -1.75. The van der Waals surface area contributed by atoms with Crippen molar-refractivity contribution in [2.45, 2.75) is 33.2 Å². The largest absolute Gasteiger partial charge is 0.492 e. The number of halogens is 2. The number of hydrogen-bond donors (Lipinski definition) is 1. The number of nitrogens with zero attached hydrogens (tertiary/aromatic N) is 1. The molecule has 29 heavy (non-hydrogen) atoms. The van der Waals surface area contributed by atoms with Gasteiger partial charge in [-0.15, -0.1) is 0 Å². The van der Waals surface area contributed by atoms with Gasteiger partial charge in [0, 0.05) is 22.5 Å². The summed E-state index contributed by atoms with van der Waals surface area (Å²) in [6, 6.07) is 11.7. The lowest BCUT2D eigenvalue weighted by atomic mass is 9.95. The molecule has 0 bridgehead atoms. The van der Waals surface area contributed by atoms with E-state index in [1.807, 2.05) is 30.3 Å². The van der Waals surface area contributed by atoms with Crippen LogP contribution in [0.5, 0.6) is 5.75 Å². The van der Waals surface area contributed by atoms with E-state index in [1.54, 1.807) is 6.07 Å². The molecule has 1 amide bonds. The van der Waals surface area contributed by atoms with Gasteiger partial charge in [-0.05, 0) is 80.7 Å². The van der Waals surface area contributed by atoms with Crippen LogP contribution in [-0.2, 0) is 11.3 Å². The molecule has 1 saturated heterocycles. The van der Waals surface area contributed by atoms with Gasteiger partial charge in [0.1, 0.15) is 12.4 Å². The molecule has 0 saturated carbocycles. The fraction of sp³-hybridized carbons (Fsp3) is 0.435. The van der Waals surface area contributed by atoms with Gasteiger partial charge in [0.15, 0.2) is 0 Å². The molecule has 6 heteroatoms. The molecule has 0 aromatic heterocycles. The van der Waals surface area contributed by atoms with Crippen molar-refractivity contribution in [3.05, 3.63) is 63.1 Å². The number of ether oxygens (including phenoxy) is 1. The number of carbonyl (C=O) groups is 1. The zero-order valence-corrected chi connectivity index (χ0v) is 18.5.